The average Bonchev–Trinajstić information content (AvgIpc) is 2.25. The van der Waals surface area contributed by atoms with Gasteiger partial charge in [0.2, 0.25) is 5.82 Å². The fourth-order valence-electron chi connectivity index (χ4n) is 1.36. The number of carbonyl (C=O) groups is 1. The second kappa shape index (κ2) is 5.50. The summed E-state index contributed by atoms with van der Waals surface area (Å²) in [5.41, 5.74) is -0.687. The Morgan fingerprint density at radius 1 is 1.53 bits per heavy atom. The standard InChI is InChI=1S/C9H8F3N3O4/c10-9(11,12)5-14(4-7(16)17)8-6(15(18)19)2-1-3-13-8/h1-3H,4-5H2,(H,16,17). The zero-order valence-electron chi connectivity index (χ0n) is 9.29. The third-order valence-corrected chi connectivity index (χ3v) is 1.96. The van der Waals surface area contributed by atoms with Gasteiger partial charge in [0.25, 0.3) is 0 Å². The Morgan fingerprint density at radius 3 is 2.63 bits per heavy atom. The Hall–Kier alpha value is -2.39. The quantitative estimate of drug-likeness (QED) is 0.647. The number of nitrogens with zero attached hydrogens (tertiary/aromatic N) is 3. The molecule has 0 atom stereocenters. The number of hydrogen-bond donors (Lipinski definition) is 1. The largest absolute Gasteiger partial charge is 0.480 e. The number of aromatic nitrogens is 1. The number of halogens is 3. The Labute approximate surface area is 104 Å². The predicted molar refractivity (Wildman–Crippen MR) is 56.8 cm³/mol. The highest BCUT2D eigenvalue weighted by Gasteiger charge is 2.34. The van der Waals surface area contributed by atoms with E-state index in [1.807, 2.05) is 0 Å². The Bertz CT molecular complexity index is 492. The van der Waals surface area contributed by atoms with Crippen LogP contribution in [0.2, 0.25) is 0 Å². The molecule has 0 saturated heterocycles. The van der Waals surface area contributed by atoms with E-state index in [0.29, 0.717) is 4.90 Å². The van der Waals surface area contributed by atoms with Gasteiger partial charge in [-0.05, 0) is 6.07 Å². The van der Waals surface area contributed by atoms with E-state index in [0.717, 1.165) is 12.3 Å². The molecule has 10 heteroatoms. The van der Waals surface area contributed by atoms with E-state index in [1.165, 1.54) is 6.07 Å². The summed E-state index contributed by atoms with van der Waals surface area (Å²) >= 11 is 0. The lowest BCUT2D eigenvalue weighted by atomic mass is 10.3. The first-order chi connectivity index (χ1) is 8.70. The molecule has 1 heterocycles. The van der Waals surface area contributed by atoms with Gasteiger partial charge in [-0.15, -0.1) is 0 Å². The minimum absolute atomic E-state index is 0.292. The molecule has 1 aromatic rings. The Kier molecular flexibility index (Phi) is 4.25. The van der Waals surface area contributed by atoms with E-state index >= 15 is 0 Å². The van der Waals surface area contributed by atoms with Crippen molar-refractivity contribution in [2.45, 2.75) is 6.18 Å². The molecule has 104 valence electrons. The molecular formula is C9H8F3N3O4. The first-order valence-corrected chi connectivity index (χ1v) is 4.83. The lowest BCUT2D eigenvalue weighted by Crippen LogP contribution is -2.38. The lowest BCUT2D eigenvalue weighted by Gasteiger charge is -2.22. The predicted octanol–water partition coefficient (Wildman–Crippen LogP) is 1.44. The van der Waals surface area contributed by atoms with Gasteiger partial charge in [0.1, 0.15) is 13.1 Å². The molecule has 0 radical (unpaired) electrons. The van der Waals surface area contributed by atoms with Crippen LogP contribution in [0.4, 0.5) is 24.7 Å². The molecule has 0 aliphatic carbocycles. The van der Waals surface area contributed by atoms with E-state index in [1.54, 1.807) is 0 Å². The smallest absolute Gasteiger partial charge is 0.405 e. The van der Waals surface area contributed by atoms with E-state index in [9.17, 15) is 28.1 Å². The summed E-state index contributed by atoms with van der Waals surface area (Å²) in [6.45, 7) is -2.69. The van der Waals surface area contributed by atoms with Crippen LogP contribution < -0.4 is 4.90 Å². The van der Waals surface area contributed by atoms with E-state index < -0.39 is 41.7 Å². The minimum Gasteiger partial charge on any atom is -0.480 e. The minimum atomic E-state index is -4.71. The van der Waals surface area contributed by atoms with Crippen molar-refractivity contribution >= 4 is 17.5 Å². The average molecular weight is 279 g/mol. The Balaban J connectivity index is 3.17. The summed E-state index contributed by atoms with van der Waals surface area (Å²) in [6, 6.07) is 2.13. The summed E-state index contributed by atoms with van der Waals surface area (Å²) in [5.74, 6) is -2.18. The number of rotatable bonds is 5. The van der Waals surface area contributed by atoms with Crippen molar-refractivity contribution in [3.63, 3.8) is 0 Å². The van der Waals surface area contributed by atoms with E-state index in [-0.39, 0.29) is 0 Å². The van der Waals surface area contributed by atoms with Crippen LogP contribution >= 0.6 is 0 Å². The maximum atomic E-state index is 12.3. The van der Waals surface area contributed by atoms with Crippen molar-refractivity contribution in [3.8, 4) is 0 Å². The molecule has 0 spiro atoms. The van der Waals surface area contributed by atoms with Crippen LogP contribution in [-0.4, -0.2) is 40.2 Å². The van der Waals surface area contributed by atoms with Crippen molar-refractivity contribution in [2.24, 2.45) is 0 Å². The molecule has 0 aliphatic heterocycles. The highest BCUT2D eigenvalue weighted by atomic mass is 19.4. The molecular weight excluding hydrogens is 271 g/mol. The van der Waals surface area contributed by atoms with Crippen LogP contribution in [0.5, 0.6) is 0 Å². The van der Waals surface area contributed by atoms with Gasteiger partial charge in [0.05, 0.1) is 4.92 Å². The van der Waals surface area contributed by atoms with Crippen LogP contribution in [0.15, 0.2) is 18.3 Å². The van der Waals surface area contributed by atoms with Gasteiger partial charge in [-0.2, -0.15) is 13.2 Å². The van der Waals surface area contributed by atoms with Gasteiger partial charge in [-0.1, -0.05) is 0 Å². The fourth-order valence-corrected chi connectivity index (χ4v) is 1.36. The molecule has 0 saturated carbocycles. The van der Waals surface area contributed by atoms with Crippen LogP contribution in [0.1, 0.15) is 0 Å². The molecule has 0 fully saturated rings. The highest BCUT2D eigenvalue weighted by molar-refractivity contribution is 5.74. The first-order valence-electron chi connectivity index (χ1n) is 4.83. The maximum absolute atomic E-state index is 12.3. The molecule has 1 rings (SSSR count). The summed E-state index contributed by atoms with van der Waals surface area (Å²) < 4.78 is 37.0. The number of alkyl halides is 3. The highest BCUT2D eigenvalue weighted by Crippen LogP contribution is 2.27. The molecule has 0 aromatic carbocycles. The molecule has 0 bridgehead atoms. The first kappa shape index (κ1) is 14.7. The number of aliphatic carboxylic acids is 1. The normalized spacial score (nSPS) is 11.1. The number of pyridine rings is 1. The van der Waals surface area contributed by atoms with Gasteiger partial charge in [-0.3, -0.25) is 14.9 Å². The summed E-state index contributed by atoms with van der Waals surface area (Å²) in [5, 5.41) is 19.3. The molecule has 1 N–H and O–H groups in total. The third kappa shape index (κ3) is 4.41. The molecule has 1 aromatic heterocycles. The number of nitro groups is 1. The molecule has 0 aliphatic rings. The van der Waals surface area contributed by atoms with E-state index in [2.05, 4.69) is 4.98 Å². The lowest BCUT2D eigenvalue weighted by molar-refractivity contribution is -0.384. The van der Waals surface area contributed by atoms with Gasteiger partial charge >= 0.3 is 17.8 Å². The molecule has 0 unspecified atom stereocenters. The fraction of sp³-hybridized carbons (Fsp3) is 0.333. The summed E-state index contributed by atoms with van der Waals surface area (Å²) in [7, 11) is 0. The van der Waals surface area contributed by atoms with Crippen LogP contribution in [0.3, 0.4) is 0 Å². The zero-order chi connectivity index (χ0) is 14.6. The SMILES string of the molecule is O=C(O)CN(CC(F)(F)F)c1ncccc1[N+](=O)[O-]. The van der Waals surface area contributed by atoms with E-state index in [4.69, 9.17) is 5.11 Å². The van der Waals surface area contributed by atoms with Gasteiger partial charge in [0.15, 0.2) is 0 Å². The monoisotopic (exact) mass is 279 g/mol. The van der Waals surface area contributed by atoms with Gasteiger partial charge < -0.3 is 10.0 Å². The van der Waals surface area contributed by atoms with Gasteiger partial charge in [0, 0.05) is 12.3 Å². The maximum Gasteiger partial charge on any atom is 0.405 e. The molecule has 7 nitrogen and oxygen atoms in total. The van der Waals surface area contributed by atoms with Crippen molar-refractivity contribution in [3.05, 3.63) is 28.4 Å². The summed E-state index contributed by atoms with van der Waals surface area (Å²) in [4.78, 5) is 24.1. The molecule has 19 heavy (non-hydrogen) atoms. The van der Waals surface area contributed by atoms with Gasteiger partial charge in [-0.25, -0.2) is 4.98 Å². The Morgan fingerprint density at radius 2 is 2.16 bits per heavy atom. The van der Waals surface area contributed by atoms with Crippen molar-refractivity contribution in [1.29, 1.82) is 0 Å². The van der Waals surface area contributed by atoms with Crippen molar-refractivity contribution in [2.75, 3.05) is 18.0 Å². The van der Waals surface area contributed by atoms with Crippen LogP contribution in [-0.2, 0) is 4.79 Å². The topological polar surface area (TPSA) is 96.6 Å². The van der Waals surface area contributed by atoms with Crippen molar-refractivity contribution < 1.29 is 28.0 Å². The second-order valence-electron chi connectivity index (χ2n) is 3.47. The second-order valence-corrected chi connectivity index (χ2v) is 3.47. The van der Waals surface area contributed by atoms with Crippen LogP contribution in [0, 0.1) is 10.1 Å². The van der Waals surface area contributed by atoms with Crippen LogP contribution in [0.25, 0.3) is 0 Å². The number of hydrogen-bond acceptors (Lipinski definition) is 5. The molecule has 0 amide bonds. The van der Waals surface area contributed by atoms with Crippen molar-refractivity contribution in [1.82, 2.24) is 4.98 Å². The third-order valence-electron chi connectivity index (χ3n) is 1.96. The number of anilines is 1. The summed E-state index contributed by atoms with van der Waals surface area (Å²) in [6.07, 6.45) is -3.66. The zero-order valence-corrected chi connectivity index (χ0v) is 9.29. The number of carboxylic acid groups (broad SMARTS) is 1. The number of carboxylic acids is 1.